The summed E-state index contributed by atoms with van der Waals surface area (Å²) < 4.78 is 26.7. The van der Waals surface area contributed by atoms with Gasteiger partial charge in [0.2, 0.25) is 15.9 Å². The third-order valence-corrected chi connectivity index (χ3v) is 4.94. The lowest BCUT2D eigenvalue weighted by Crippen LogP contribution is -2.40. The highest BCUT2D eigenvalue weighted by molar-refractivity contribution is 7.89. The molecule has 0 aliphatic carbocycles. The van der Waals surface area contributed by atoms with Crippen molar-refractivity contribution < 1.29 is 23.1 Å². The van der Waals surface area contributed by atoms with Gasteiger partial charge in [-0.15, -0.1) is 0 Å². The van der Waals surface area contributed by atoms with E-state index in [1.807, 2.05) is 6.92 Å². The van der Waals surface area contributed by atoms with Crippen LogP contribution in [-0.2, 0) is 19.6 Å². The summed E-state index contributed by atoms with van der Waals surface area (Å²) in [6.45, 7) is 3.30. The van der Waals surface area contributed by atoms with Gasteiger partial charge in [0, 0.05) is 19.7 Å². The van der Waals surface area contributed by atoms with Gasteiger partial charge in [-0.05, 0) is 30.7 Å². The fraction of sp³-hybridized carbons (Fsp3) is 0.467. The number of unbranched alkanes of at least 4 members (excludes halogenated alkanes) is 1. The third kappa shape index (κ3) is 5.33. The van der Waals surface area contributed by atoms with E-state index in [0.29, 0.717) is 12.1 Å². The Kier molecular flexibility index (Phi) is 6.71. The number of carboxylic acids is 1. The second-order valence-electron chi connectivity index (χ2n) is 5.23. The van der Waals surface area contributed by atoms with E-state index in [-0.39, 0.29) is 17.2 Å². The lowest BCUT2D eigenvalue weighted by Gasteiger charge is -2.17. The molecule has 0 aliphatic rings. The molecule has 0 heterocycles. The molecule has 0 aliphatic heterocycles. The van der Waals surface area contributed by atoms with Crippen LogP contribution in [0.5, 0.6) is 0 Å². The molecular formula is C15H22N2O5S. The number of sulfonamides is 1. The summed E-state index contributed by atoms with van der Waals surface area (Å²) >= 11 is 0. The lowest BCUT2D eigenvalue weighted by atomic mass is 10.1. The predicted molar refractivity (Wildman–Crippen MR) is 86.8 cm³/mol. The van der Waals surface area contributed by atoms with Crippen LogP contribution in [0.1, 0.15) is 33.1 Å². The molecule has 0 saturated heterocycles. The molecule has 1 aromatic rings. The SMILES string of the molecule is CCCCC(NS(=O)(=O)c1ccc(N(C)C(C)=O)cc1)C(=O)O. The molecule has 128 valence electrons. The fourth-order valence-corrected chi connectivity index (χ4v) is 3.15. The predicted octanol–water partition coefficient (Wildman–Crippen LogP) is 1.59. The van der Waals surface area contributed by atoms with E-state index in [9.17, 15) is 18.0 Å². The van der Waals surface area contributed by atoms with Gasteiger partial charge < -0.3 is 10.0 Å². The largest absolute Gasteiger partial charge is 0.480 e. The maximum atomic E-state index is 12.3. The Morgan fingerprint density at radius 3 is 2.26 bits per heavy atom. The smallest absolute Gasteiger partial charge is 0.321 e. The van der Waals surface area contributed by atoms with Gasteiger partial charge >= 0.3 is 5.97 Å². The van der Waals surface area contributed by atoms with Crippen molar-refractivity contribution in [2.24, 2.45) is 0 Å². The number of carboxylic acid groups (broad SMARTS) is 1. The molecule has 0 fully saturated rings. The molecule has 7 nitrogen and oxygen atoms in total. The van der Waals surface area contributed by atoms with E-state index in [4.69, 9.17) is 5.11 Å². The van der Waals surface area contributed by atoms with Gasteiger partial charge in [0.05, 0.1) is 4.90 Å². The number of hydrogen-bond acceptors (Lipinski definition) is 4. The van der Waals surface area contributed by atoms with Crippen molar-refractivity contribution in [2.45, 2.75) is 44.0 Å². The Morgan fingerprint density at radius 2 is 1.83 bits per heavy atom. The van der Waals surface area contributed by atoms with E-state index >= 15 is 0 Å². The van der Waals surface area contributed by atoms with Gasteiger partial charge in [0.15, 0.2) is 0 Å². The van der Waals surface area contributed by atoms with E-state index in [1.165, 1.54) is 36.1 Å². The first-order chi connectivity index (χ1) is 10.7. The summed E-state index contributed by atoms with van der Waals surface area (Å²) in [5.74, 6) is -1.38. The molecule has 1 unspecified atom stereocenters. The summed E-state index contributed by atoms with van der Waals surface area (Å²) in [7, 11) is -2.35. The van der Waals surface area contributed by atoms with Crippen LogP contribution >= 0.6 is 0 Å². The number of nitrogens with zero attached hydrogens (tertiary/aromatic N) is 1. The Hall–Kier alpha value is -1.93. The van der Waals surface area contributed by atoms with E-state index < -0.39 is 22.0 Å². The zero-order valence-electron chi connectivity index (χ0n) is 13.4. The number of aliphatic carboxylic acids is 1. The zero-order valence-corrected chi connectivity index (χ0v) is 14.3. The lowest BCUT2D eigenvalue weighted by molar-refractivity contribution is -0.139. The highest BCUT2D eigenvalue weighted by atomic mass is 32.2. The van der Waals surface area contributed by atoms with E-state index in [1.54, 1.807) is 7.05 Å². The number of rotatable bonds is 8. The molecule has 0 spiro atoms. The van der Waals surface area contributed by atoms with Crippen LogP contribution in [0.15, 0.2) is 29.2 Å². The molecule has 23 heavy (non-hydrogen) atoms. The minimum Gasteiger partial charge on any atom is -0.480 e. The quantitative estimate of drug-likeness (QED) is 0.746. The minimum atomic E-state index is -3.93. The van der Waals surface area contributed by atoms with Crippen LogP contribution < -0.4 is 9.62 Å². The first-order valence-electron chi connectivity index (χ1n) is 7.28. The molecule has 1 amide bonds. The number of anilines is 1. The Balaban J connectivity index is 2.95. The molecule has 0 radical (unpaired) electrons. The van der Waals surface area contributed by atoms with Crippen LogP contribution in [0, 0.1) is 0 Å². The van der Waals surface area contributed by atoms with Gasteiger partial charge in [0.1, 0.15) is 6.04 Å². The molecule has 0 bridgehead atoms. The number of carbonyl (C=O) groups excluding carboxylic acids is 1. The van der Waals surface area contributed by atoms with Gasteiger partial charge in [-0.2, -0.15) is 4.72 Å². The molecule has 1 aromatic carbocycles. The minimum absolute atomic E-state index is 0.0408. The van der Waals surface area contributed by atoms with Gasteiger partial charge in [0.25, 0.3) is 0 Å². The normalized spacial score (nSPS) is 12.7. The average Bonchev–Trinajstić information content (AvgIpc) is 2.50. The Bertz CT molecular complexity index is 655. The van der Waals surface area contributed by atoms with Gasteiger partial charge in [-0.25, -0.2) is 8.42 Å². The van der Waals surface area contributed by atoms with Crippen molar-refractivity contribution in [1.29, 1.82) is 0 Å². The van der Waals surface area contributed by atoms with Crippen LogP contribution in [0.4, 0.5) is 5.69 Å². The summed E-state index contributed by atoms with van der Waals surface area (Å²) in [5, 5.41) is 9.12. The van der Waals surface area contributed by atoms with Crippen molar-refractivity contribution in [3.8, 4) is 0 Å². The molecule has 1 rings (SSSR count). The second kappa shape index (κ2) is 8.07. The molecule has 0 saturated carbocycles. The molecular weight excluding hydrogens is 320 g/mol. The van der Waals surface area contributed by atoms with Gasteiger partial charge in [-0.1, -0.05) is 19.8 Å². The Labute approximate surface area is 136 Å². The summed E-state index contributed by atoms with van der Waals surface area (Å²) in [4.78, 5) is 23.8. The number of amides is 1. The van der Waals surface area contributed by atoms with Crippen LogP contribution in [0.2, 0.25) is 0 Å². The third-order valence-electron chi connectivity index (χ3n) is 3.45. The number of carbonyl (C=O) groups is 2. The fourth-order valence-electron chi connectivity index (χ4n) is 1.93. The van der Waals surface area contributed by atoms with Crippen molar-refractivity contribution in [3.63, 3.8) is 0 Å². The first-order valence-corrected chi connectivity index (χ1v) is 8.77. The monoisotopic (exact) mass is 342 g/mol. The molecule has 8 heteroatoms. The number of hydrogen-bond donors (Lipinski definition) is 2. The summed E-state index contributed by atoms with van der Waals surface area (Å²) in [6, 6.07) is 4.53. The zero-order chi connectivity index (χ0) is 17.6. The topological polar surface area (TPSA) is 104 Å². The number of benzene rings is 1. The van der Waals surface area contributed by atoms with E-state index in [0.717, 1.165) is 6.42 Å². The summed E-state index contributed by atoms with van der Waals surface area (Å²) in [6.07, 6.45) is 1.62. The maximum Gasteiger partial charge on any atom is 0.321 e. The van der Waals surface area contributed by atoms with Crippen LogP contribution in [-0.4, -0.2) is 38.5 Å². The average molecular weight is 342 g/mol. The number of nitrogens with one attached hydrogen (secondary N) is 1. The van der Waals surface area contributed by atoms with Crippen molar-refractivity contribution in [2.75, 3.05) is 11.9 Å². The molecule has 2 N–H and O–H groups in total. The highest BCUT2D eigenvalue weighted by Gasteiger charge is 2.25. The highest BCUT2D eigenvalue weighted by Crippen LogP contribution is 2.18. The molecule has 1 atom stereocenters. The van der Waals surface area contributed by atoms with E-state index in [2.05, 4.69) is 4.72 Å². The standard InChI is InChI=1S/C15H22N2O5S/c1-4-5-6-14(15(19)20)16-23(21,22)13-9-7-12(8-10-13)17(3)11(2)18/h7-10,14,16H,4-6H2,1-3H3,(H,19,20). The Morgan fingerprint density at radius 1 is 1.26 bits per heavy atom. The van der Waals surface area contributed by atoms with Gasteiger partial charge in [-0.3, -0.25) is 9.59 Å². The maximum absolute atomic E-state index is 12.3. The van der Waals surface area contributed by atoms with Crippen LogP contribution in [0.25, 0.3) is 0 Å². The summed E-state index contributed by atoms with van der Waals surface area (Å²) in [5.41, 5.74) is 0.553. The van der Waals surface area contributed by atoms with Crippen molar-refractivity contribution >= 4 is 27.6 Å². The molecule has 0 aromatic heterocycles. The first kappa shape index (κ1) is 19.1. The van der Waals surface area contributed by atoms with Crippen molar-refractivity contribution in [1.82, 2.24) is 4.72 Å². The van der Waals surface area contributed by atoms with Crippen molar-refractivity contribution in [3.05, 3.63) is 24.3 Å². The van der Waals surface area contributed by atoms with Crippen LogP contribution in [0.3, 0.4) is 0 Å². The second-order valence-corrected chi connectivity index (χ2v) is 6.94.